The first kappa shape index (κ1) is 119. The normalized spacial score (nSPS) is 19.3. The van der Waals surface area contributed by atoms with Gasteiger partial charge in [-0.05, 0) is 291 Å². The van der Waals surface area contributed by atoms with Crippen LogP contribution in [0.5, 0.6) is 40.2 Å². The molecule has 5 amide bonds. The van der Waals surface area contributed by atoms with Crippen molar-refractivity contribution in [3.63, 3.8) is 0 Å². The average molecular weight is 2050 g/mol. The van der Waals surface area contributed by atoms with Gasteiger partial charge in [0.05, 0.1) is 74.2 Å². The Hall–Kier alpha value is -9.34. The van der Waals surface area contributed by atoms with Gasteiger partial charge in [-0.3, -0.25) is 54.4 Å². The zero-order chi connectivity index (χ0) is 87.1. The molecule has 0 spiro atoms. The SMILES string of the molecule is C.C.C.C.C.C.CCOC(=O)/C=C1\CCc2cc(OC)ccc21.CCOC(=O)C(Br)C1CCc2cc(OC)ccc21.CCOC(=O)CC1CCc2cc(OC)ccc21.COc1ccc2c(c1)CCC2=O.COc1ccc2c(c1)CCC2C1SC(=N)NC1=O.COc1ccc2c(c1)CCC2C1SC(=O)NC1=O.NC(N)=S.O=C1NC(=O)C(C2CCc3cc(O)ccc32)S1.[Br-].[H+].[HH].[OH-].[Zn]. The minimum Gasteiger partial charge on any atom is -1.00 e. The largest absolute Gasteiger partial charge is 1.00 e. The number of hydrogen-bond donors (Lipinski definition) is 7. The first-order chi connectivity index (χ1) is 58.2. The molecule has 9 atom stereocenters. The van der Waals surface area contributed by atoms with Gasteiger partial charge in [0, 0.05) is 62.6 Å². The first-order valence-corrected chi connectivity index (χ1v) is 44.0. The summed E-state index contributed by atoms with van der Waals surface area (Å²) in [5, 5.41) is 23.2. The monoisotopic (exact) mass is 2050 g/mol. The Morgan fingerprint density at radius 3 is 1.26 bits per heavy atom. The van der Waals surface area contributed by atoms with Crippen LogP contribution >= 0.6 is 63.4 Å². The number of amides is 5. The van der Waals surface area contributed by atoms with Crippen molar-refractivity contribution in [3.8, 4) is 40.2 Å². The number of thiocarbonyl (C=S) groups is 1. The number of carbonyl (C=O) groups is 9. The molecule has 9 unspecified atom stereocenters. The van der Waals surface area contributed by atoms with E-state index in [2.05, 4.69) is 92.0 Å². The van der Waals surface area contributed by atoms with Crippen molar-refractivity contribution in [1.82, 2.24) is 16.0 Å². The molecule has 3 heterocycles. The summed E-state index contributed by atoms with van der Waals surface area (Å²) in [5.41, 5.74) is 26.8. The van der Waals surface area contributed by atoms with Crippen LogP contribution in [0.3, 0.4) is 0 Å². The summed E-state index contributed by atoms with van der Waals surface area (Å²) in [7, 11) is 9.94. The molecule has 7 aromatic carbocycles. The van der Waals surface area contributed by atoms with Gasteiger partial charge >= 0.3 is 19.3 Å². The number of amidine groups is 1. The Kier molecular flexibility index (Phi) is 52.2. The van der Waals surface area contributed by atoms with Gasteiger partial charge in [0.15, 0.2) is 16.1 Å². The number of rotatable bonds is 17. The van der Waals surface area contributed by atoms with E-state index >= 15 is 0 Å². The number of imide groups is 2. The van der Waals surface area contributed by atoms with E-state index in [9.17, 15) is 48.3 Å². The Balaban J connectivity index is 0. The third kappa shape index (κ3) is 31.1. The van der Waals surface area contributed by atoms with E-state index in [1.165, 1.54) is 61.8 Å². The predicted molar refractivity (Wildman–Crippen MR) is 521 cm³/mol. The number of alkyl halides is 1. The Morgan fingerprint density at radius 1 is 0.485 bits per heavy atom. The number of fused-ring (bicyclic) bond motifs is 7. The number of phenolic OH excluding ortho intramolecular Hbond substituents is 1. The second-order valence-electron chi connectivity index (χ2n) is 29.4. The zero-order valence-corrected chi connectivity index (χ0v) is 80.0. The van der Waals surface area contributed by atoms with Crippen molar-refractivity contribution in [2.24, 2.45) is 11.5 Å². The van der Waals surface area contributed by atoms with Gasteiger partial charge in [-0.25, -0.2) is 4.79 Å². The molecule has 3 aliphatic heterocycles. The number of allylic oxidation sites excluding steroid dienone is 1. The maximum absolute atomic E-state index is 11.8. The minimum atomic E-state index is -0.312. The van der Waals surface area contributed by atoms with Crippen LogP contribution in [0, 0.1) is 5.41 Å². The third-order valence-electron chi connectivity index (χ3n) is 22.2. The second-order valence-corrected chi connectivity index (χ2v) is 34.2. The summed E-state index contributed by atoms with van der Waals surface area (Å²) in [4.78, 5) is 103. The Labute approximate surface area is 819 Å². The number of thioether (sulfide) groups is 3. The molecule has 3 saturated heterocycles. The van der Waals surface area contributed by atoms with E-state index in [0.29, 0.717) is 38.6 Å². The molecule has 10 N–H and O–H groups in total. The van der Waals surface area contributed by atoms with Gasteiger partial charge in [-0.2, -0.15) is 0 Å². The Morgan fingerprint density at radius 2 is 0.838 bits per heavy atom. The summed E-state index contributed by atoms with van der Waals surface area (Å²) in [6.45, 7) is 6.77. The molecule has 7 aliphatic carbocycles. The number of Topliss-reactive ketones (excluding diaryl/α,β-unsaturated/α-hetero) is 1. The van der Waals surface area contributed by atoms with E-state index in [4.69, 9.17) is 48.0 Å². The number of benzene rings is 7. The molecule has 0 radical (unpaired) electrons. The molecule has 7 aromatic rings. The smallest absolute Gasteiger partial charge is 1.00 e. The number of methoxy groups -OCH3 is 6. The van der Waals surface area contributed by atoms with Crippen molar-refractivity contribution in [3.05, 3.63) is 211 Å². The number of phenols is 1. The number of halogens is 2. The number of carbonyl (C=O) groups excluding carboxylic acids is 9. The van der Waals surface area contributed by atoms with E-state index < -0.39 is 0 Å². The van der Waals surface area contributed by atoms with Crippen LogP contribution in [0.1, 0.15) is 232 Å². The molecule has 710 valence electrons. The number of nitrogens with two attached hydrogens (primary N) is 2. The molecule has 0 saturated carbocycles. The van der Waals surface area contributed by atoms with Gasteiger partial charge in [0.25, 0.3) is 10.5 Å². The van der Waals surface area contributed by atoms with Crippen LogP contribution in [-0.2, 0) is 107 Å². The summed E-state index contributed by atoms with van der Waals surface area (Å²) < 4.78 is 46.1. The molecule has 130 heavy (non-hydrogen) atoms. The topological polar surface area (TPSA) is 399 Å². The van der Waals surface area contributed by atoms with Crippen molar-refractivity contribution in [2.75, 3.05) is 62.5 Å². The van der Waals surface area contributed by atoms with Gasteiger partial charge in [0.2, 0.25) is 17.7 Å². The third-order valence-corrected chi connectivity index (χ3v) is 26.6. The molecule has 17 rings (SSSR count). The molecular formula is C97H131Br2N6O20S4Zn-. The van der Waals surface area contributed by atoms with E-state index in [-0.39, 0.29) is 202 Å². The molecular weight excluding hydrogens is 1920 g/mol. The van der Waals surface area contributed by atoms with Crippen molar-refractivity contribution in [2.45, 2.75) is 212 Å². The molecule has 26 nitrogen and oxygen atoms in total. The molecule has 10 aliphatic rings. The van der Waals surface area contributed by atoms with E-state index in [1.54, 1.807) is 60.9 Å². The van der Waals surface area contributed by atoms with Crippen LogP contribution in [-0.4, -0.2) is 156 Å². The zero-order valence-electron chi connectivity index (χ0n) is 71.6. The molecule has 0 bridgehead atoms. The number of ether oxygens (including phenoxy) is 9. The van der Waals surface area contributed by atoms with Crippen molar-refractivity contribution in [1.29, 1.82) is 5.41 Å². The van der Waals surface area contributed by atoms with Crippen molar-refractivity contribution >= 4 is 131 Å². The summed E-state index contributed by atoms with van der Waals surface area (Å²) in [6, 6.07) is 41.0. The van der Waals surface area contributed by atoms with Gasteiger partial charge < -0.3 is 87.0 Å². The van der Waals surface area contributed by atoms with Crippen LogP contribution in [0.2, 0.25) is 0 Å². The second kappa shape index (κ2) is 57.2. The van der Waals surface area contributed by atoms with Gasteiger partial charge in [-0.1, -0.05) is 132 Å². The number of ketones is 1. The number of hydrogen-bond acceptors (Lipinski definition) is 25. The molecule has 33 heteroatoms. The molecule has 0 aromatic heterocycles. The summed E-state index contributed by atoms with van der Waals surface area (Å²) in [6.07, 6.45) is 15.0. The predicted octanol–water partition coefficient (Wildman–Crippen LogP) is 16.1. The van der Waals surface area contributed by atoms with Crippen molar-refractivity contribution < 1.29 is 136 Å². The minimum absolute atomic E-state index is 0. The fourth-order valence-electron chi connectivity index (χ4n) is 16.6. The van der Waals surface area contributed by atoms with Crippen LogP contribution < -0.4 is 72.8 Å². The molecule has 3 fully saturated rings. The number of aryl methyl sites for hydroxylation is 7. The first-order valence-electron chi connectivity index (χ1n) is 40.1. The number of esters is 3. The summed E-state index contributed by atoms with van der Waals surface area (Å²) in [5.74, 6) is 5.74. The summed E-state index contributed by atoms with van der Waals surface area (Å²) >= 11 is 11.1. The van der Waals surface area contributed by atoms with E-state index in [0.717, 1.165) is 175 Å². The van der Waals surface area contributed by atoms with Gasteiger partial charge in [-0.15, -0.1) is 0 Å². The van der Waals surface area contributed by atoms with E-state index in [1.807, 2.05) is 99.6 Å². The quantitative estimate of drug-likeness (QED) is 0.0111. The maximum Gasteiger partial charge on any atom is 1.00 e. The maximum atomic E-state index is 11.8. The Bertz CT molecular complexity index is 4980. The van der Waals surface area contributed by atoms with Crippen LogP contribution in [0.15, 0.2) is 133 Å². The fourth-order valence-corrected chi connectivity index (χ4v) is 20.3. The van der Waals surface area contributed by atoms with Crippen LogP contribution in [0.25, 0.3) is 5.57 Å². The van der Waals surface area contributed by atoms with Gasteiger partial charge in [0.1, 0.15) is 55.6 Å². The standard InChI is InChI=1S/C14H17BrO3.C14H18O3.C14H16O3.C13H14N2O2S.C13H13NO3S.C12H11NO3S.C10H10O2.CH4N2S.6CH4.BrH.H2O.Zn.H2/c1-3-18-14(16)13(15)12-6-4-9-8-10(17-2)5-7-11(9)12;2*1-3-17-14(15)9-11-5-4-10-8-12(16-2)6-7-13(10)11;1-17-8-3-5-9-7(6-8)2-4-10(9)11-12(16)15-13(14)18-11;1-17-8-3-5-9-7(6-8)2-4-10(9)11-12(15)14-13(16)18-11;14-7-2-4-8-6(5-7)1-3-9(8)10-11(15)13-12(16)17-10;1-12-8-3-4-9-7(6-8)2-5-10(9)11;2-1(3)4;;;;;;;;;;/h5,7-8,12-13H,3-4,6H2,1-2H3;6-8,11H,3-5,9H2,1-2H3;6-9H,3-5H2,1-2H3;3,5-6,10-11H,2,4H2,1H3,(H2,14,15,16);3,5-6,10-11H,2,4H2,1H3,(H,14,15,16);2,4-5,9-10,14H,1,3H2,(H,13,15,16);3-4,6H,2,5H2,1H3;(H4,2,3,4);6*1H4;1H;1H2;;1H/p-1/b;;11-9+;;;;;;;;;;;;;;;. The fraction of sp³-hybridized carbons (Fsp3) is 0.433. The van der Waals surface area contributed by atoms with Crippen LogP contribution in [0.4, 0.5) is 9.59 Å². The number of nitrogens with one attached hydrogen (secondary N) is 4. The average Bonchev–Trinajstić information content (AvgIpc) is 1.64. The number of aromatic hydroxyl groups is 1.